The van der Waals surface area contributed by atoms with E-state index in [0.717, 1.165) is 12.8 Å². The number of para-hydroxylation sites is 1. The molecule has 0 unspecified atom stereocenters. The van der Waals surface area contributed by atoms with E-state index in [-0.39, 0.29) is 27.0 Å². The van der Waals surface area contributed by atoms with Crippen molar-refractivity contribution in [3.05, 3.63) is 58.6 Å². The minimum Gasteiger partial charge on any atom is -0.385 e. The number of carbonyl (C=O) groups excluding carboxylic acids is 2. The molecule has 0 atom stereocenters. The molecular weight excluding hydrogens is 454 g/mol. The Morgan fingerprint density at radius 2 is 1.78 bits per heavy atom. The number of hydrogen-bond acceptors (Lipinski definition) is 5. The Hall–Kier alpha value is -2.46. The van der Waals surface area contributed by atoms with Crippen LogP contribution in [0.15, 0.2) is 47.4 Å². The first-order chi connectivity index (χ1) is 15.3. The highest BCUT2D eigenvalue weighted by Gasteiger charge is 2.28. The van der Waals surface area contributed by atoms with E-state index >= 15 is 0 Å². The molecule has 8 nitrogen and oxygen atoms in total. The van der Waals surface area contributed by atoms with Crippen LogP contribution in [0.4, 0.5) is 5.69 Å². The second-order valence-electron chi connectivity index (χ2n) is 7.35. The predicted octanol–water partition coefficient (Wildman–Crippen LogP) is 3.14. The molecular formula is C22H26ClN3O5S. The van der Waals surface area contributed by atoms with Gasteiger partial charge in [-0.25, -0.2) is 8.42 Å². The summed E-state index contributed by atoms with van der Waals surface area (Å²) >= 11 is 6.21. The molecule has 1 aliphatic rings. The van der Waals surface area contributed by atoms with Gasteiger partial charge in [0.25, 0.3) is 11.8 Å². The molecule has 1 heterocycles. The van der Waals surface area contributed by atoms with Gasteiger partial charge in [0.05, 0.1) is 26.7 Å². The first-order valence-corrected chi connectivity index (χ1v) is 12.1. The molecule has 172 valence electrons. The quantitative estimate of drug-likeness (QED) is 0.537. The number of nitrogens with one attached hydrogen (secondary N) is 2. The van der Waals surface area contributed by atoms with Gasteiger partial charge in [0, 0.05) is 33.4 Å². The molecule has 0 bridgehead atoms. The van der Waals surface area contributed by atoms with Crippen molar-refractivity contribution in [1.82, 2.24) is 9.62 Å². The summed E-state index contributed by atoms with van der Waals surface area (Å²) in [5.74, 6) is -0.943. The second-order valence-corrected chi connectivity index (χ2v) is 9.70. The number of ether oxygens (including phenoxy) is 1. The van der Waals surface area contributed by atoms with Crippen molar-refractivity contribution in [3.63, 3.8) is 0 Å². The van der Waals surface area contributed by atoms with Crippen molar-refractivity contribution in [2.45, 2.75) is 24.2 Å². The zero-order valence-electron chi connectivity index (χ0n) is 17.8. The fourth-order valence-corrected chi connectivity index (χ4v) is 5.16. The van der Waals surface area contributed by atoms with E-state index in [9.17, 15) is 18.0 Å². The number of benzene rings is 2. The maximum absolute atomic E-state index is 13.0. The molecule has 2 N–H and O–H groups in total. The third kappa shape index (κ3) is 5.66. The molecule has 2 aromatic carbocycles. The Balaban J connectivity index is 1.80. The molecule has 3 rings (SSSR count). The van der Waals surface area contributed by atoms with Gasteiger partial charge in [-0.2, -0.15) is 4.31 Å². The standard InChI is InChI=1S/C22H26ClN3O5S/c1-31-14-6-11-24-21(27)17-7-2-3-8-20(17)25-22(28)18-15-16(9-10-19(18)23)32(29,30)26-12-4-5-13-26/h2-3,7-10,15H,4-6,11-14H2,1H3,(H,24,27)(H,25,28). The van der Waals surface area contributed by atoms with Crippen molar-refractivity contribution in [2.24, 2.45) is 0 Å². The summed E-state index contributed by atoms with van der Waals surface area (Å²) in [4.78, 5) is 25.5. The van der Waals surface area contributed by atoms with Crippen LogP contribution in [0, 0.1) is 0 Å². The lowest BCUT2D eigenvalue weighted by molar-refractivity contribution is 0.0949. The van der Waals surface area contributed by atoms with Crippen molar-refractivity contribution >= 4 is 39.1 Å². The van der Waals surface area contributed by atoms with E-state index in [1.165, 1.54) is 22.5 Å². The van der Waals surface area contributed by atoms with Gasteiger partial charge < -0.3 is 15.4 Å². The number of amides is 2. The molecule has 32 heavy (non-hydrogen) atoms. The Kier molecular flexibility index (Phi) is 8.25. The van der Waals surface area contributed by atoms with Gasteiger partial charge in [-0.05, 0) is 49.6 Å². The number of methoxy groups -OCH3 is 1. The Morgan fingerprint density at radius 1 is 1.06 bits per heavy atom. The highest BCUT2D eigenvalue weighted by Crippen LogP contribution is 2.26. The maximum atomic E-state index is 13.0. The first kappa shape index (κ1) is 24.2. The first-order valence-electron chi connectivity index (χ1n) is 10.3. The third-order valence-electron chi connectivity index (χ3n) is 5.12. The highest BCUT2D eigenvalue weighted by molar-refractivity contribution is 7.89. The molecule has 2 aromatic rings. The minimum absolute atomic E-state index is 0.0121. The zero-order chi connectivity index (χ0) is 23.1. The van der Waals surface area contributed by atoms with Crippen molar-refractivity contribution in [3.8, 4) is 0 Å². The van der Waals surface area contributed by atoms with Crippen molar-refractivity contribution < 1.29 is 22.7 Å². The van der Waals surface area contributed by atoms with Crippen molar-refractivity contribution in [2.75, 3.05) is 38.7 Å². The molecule has 0 aromatic heterocycles. The molecule has 2 amide bonds. The van der Waals surface area contributed by atoms with Crippen LogP contribution in [0.5, 0.6) is 0 Å². The van der Waals surface area contributed by atoms with Crippen LogP contribution < -0.4 is 10.6 Å². The smallest absolute Gasteiger partial charge is 0.257 e. The van der Waals surface area contributed by atoms with E-state index < -0.39 is 15.9 Å². The van der Waals surface area contributed by atoms with Gasteiger partial charge in [-0.1, -0.05) is 23.7 Å². The average molecular weight is 480 g/mol. The lowest BCUT2D eigenvalue weighted by Crippen LogP contribution is -2.28. The summed E-state index contributed by atoms with van der Waals surface area (Å²) in [6.07, 6.45) is 2.28. The fourth-order valence-electron chi connectivity index (χ4n) is 3.41. The summed E-state index contributed by atoms with van der Waals surface area (Å²) in [5.41, 5.74) is 0.600. The fraction of sp³-hybridized carbons (Fsp3) is 0.364. The van der Waals surface area contributed by atoms with Crippen LogP contribution in [0.25, 0.3) is 0 Å². The number of nitrogens with zero attached hydrogens (tertiary/aromatic N) is 1. The normalized spacial score (nSPS) is 14.3. The summed E-state index contributed by atoms with van der Waals surface area (Å²) < 4.78 is 32.1. The maximum Gasteiger partial charge on any atom is 0.257 e. The van der Waals surface area contributed by atoms with Gasteiger partial charge in [0.1, 0.15) is 0 Å². The summed E-state index contributed by atoms with van der Waals surface area (Å²) in [5, 5.41) is 5.57. The van der Waals surface area contributed by atoms with E-state index in [4.69, 9.17) is 16.3 Å². The van der Waals surface area contributed by atoms with Crippen LogP contribution in [-0.2, 0) is 14.8 Å². The van der Waals surface area contributed by atoms with E-state index in [1.807, 2.05) is 0 Å². The average Bonchev–Trinajstić information content (AvgIpc) is 3.33. The number of anilines is 1. The van der Waals surface area contributed by atoms with Crippen LogP contribution in [0.2, 0.25) is 5.02 Å². The molecule has 0 spiro atoms. The van der Waals surface area contributed by atoms with Gasteiger partial charge >= 0.3 is 0 Å². The largest absolute Gasteiger partial charge is 0.385 e. The molecule has 0 aliphatic carbocycles. The number of carbonyl (C=O) groups is 2. The lowest BCUT2D eigenvalue weighted by atomic mass is 10.1. The number of sulfonamides is 1. The number of halogens is 1. The highest BCUT2D eigenvalue weighted by atomic mass is 35.5. The summed E-state index contributed by atoms with van der Waals surface area (Å²) in [7, 11) is -2.11. The Morgan fingerprint density at radius 3 is 2.50 bits per heavy atom. The molecule has 0 radical (unpaired) electrons. The SMILES string of the molecule is COCCCNC(=O)c1ccccc1NC(=O)c1cc(S(=O)(=O)N2CCCC2)ccc1Cl. The molecule has 10 heteroatoms. The van der Waals surface area contributed by atoms with Crippen LogP contribution in [0.3, 0.4) is 0 Å². The molecule has 0 saturated carbocycles. The second kappa shape index (κ2) is 10.9. The topological polar surface area (TPSA) is 105 Å². The minimum atomic E-state index is -3.70. The number of hydrogen-bond donors (Lipinski definition) is 2. The molecule has 1 fully saturated rings. The predicted molar refractivity (Wildman–Crippen MR) is 123 cm³/mol. The summed E-state index contributed by atoms with van der Waals surface area (Å²) in [6, 6.07) is 10.6. The van der Waals surface area contributed by atoms with Gasteiger partial charge in [0.15, 0.2) is 0 Å². The zero-order valence-corrected chi connectivity index (χ0v) is 19.3. The Labute approximate surface area is 192 Å². The molecule has 1 aliphatic heterocycles. The van der Waals surface area contributed by atoms with Crippen molar-refractivity contribution in [1.29, 1.82) is 0 Å². The Bertz CT molecular complexity index is 1080. The lowest BCUT2D eigenvalue weighted by Gasteiger charge is -2.17. The third-order valence-corrected chi connectivity index (χ3v) is 7.34. The number of rotatable bonds is 9. The molecule has 1 saturated heterocycles. The van der Waals surface area contributed by atoms with E-state index in [2.05, 4.69) is 10.6 Å². The van der Waals surface area contributed by atoms with Gasteiger partial charge in [0.2, 0.25) is 10.0 Å². The van der Waals surface area contributed by atoms with Crippen LogP contribution >= 0.6 is 11.6 Å². The van der Waals surface area contributed by atoms with E-state index in [1.54, 1.807) is 31.4 Å². The van der Waals surface area contributed by atoms with E-state index in [0.29, 0.717) is 38.3 Å². The van der Waals surface area contributed by atoms with Crippen LogP contribution in [-0.4, -0.2) is 57.9 Å². The monoisotopic (exact) mass is 479 g/mol. The van der Waals surface area contributed by atoms with Gasteiger partial charge in [-0.3, -0.25) is 9.59 Å². The summed E-state index contributed by atoms with van der Waals surface area (Å²) in [6.45, 7) is 1.86. The van der Waals surface area contributed by atoms with Gasteiger partial charge in [-0.15, -0.1) is 0 Å². The van der Waals surface area contributed by atoms with Crippen LogP contribution in [0.1, 0.15) is 40.0 Å².